The Kier molecular flexibility index (Phi) is 6.07. The average Bonchev–Trinajstić information content (AvgIpc) is 3.02. The first-order chi connectivity index (χ1) is 14.9. The third kappa shape index (κ3) is 4.48. The first-order valence-electron chi connectivity index (χ1n) is 11.0. The molecule has 162 valence electrons. The van der Waals surface area contributed by atoms with Gasteiger partial charge in [0, 0.05) is 25.3 Å². The van der Waals surface area contributed by atoms with Gasteiger partial charge in [-0.1, -0.05) is 43.0 Å². The van der Waals surface area contributed by atoms with E-state index in [4.69, 9.17) is 0 Å². The smallest absolute Gasteiger partial charge is 0.262 e. The molecule has 6 heteroatoms. The lowest BCUT2D eigenvalue weighted by Crippen LogP contribution is -2.40. The number of hydrogen-bond acceptors (Lipinski definition) is 4. The van der Waals surface area contributed by atoms with Crippen molar-refractivity contribution in [3.05, 3.63) is 64.7 Å². The third-order valence-corrected chi connectivity index (χ3v) is 6.38. The zero-order valence-corrected chi connectivity index (χ0v) is 18.2. The molecule has 2 aromatic carbocycles. The van der Waals surface area contributed by atoms with Gasteiger partial charge in [0.05, 0.1) is 11.1 Å². The third-order valence-electron chi connectivity index (χ3n) is 6.38. The number of benzene rings is 2. The molecule has 31 heavy (non-hydrogen) atoms. The van der Waals surface area contributed by atoms with E-state index < -0.39 is 11.8 Å². The van der Waals surface area contributed by atoms with Crippen LogP contribution in [-0.4, -0.2) is 42.3 Å². The van der Waals surface area contributed by atoms with Crippen molar-refractivity contribution in [2.24, 2.45) is 0 Å². The lowest BCUT2D eigenvalue weighted by Gasteiger charge is -2.33. The molecule has 3 amide bonds. The van der Waals surface area contributed by atoms with Gasteiger partial charge in [0.2, 0.25) is 5.91 Å². The molecular weight excluding hydrogens is 390 g/mol. The number of hydrogen-bond donors (Lipinski definition) is 1. The highest BCUT2D eigenvalue weighted by atomic mass is 16.2. The Morgan fingerprint density at radius 2 is 1.68 bits per heavy atom. The summed E-state index contributed by atoms with van der Waals surface area (Å²) in [4.78, 5) is 40.8. The van der Waals surface area contributed by atoms with Crippen molar-refractivity contribution in [1.82, 2.24) is 10.2 Å². The second-order valence-corrected chi connectivity index (χ2v) is 8.59. The fourth-order valence-electron chi connectivity index (χ4n) is 4.48. The molecule has 2 aromatic rings. The Bertz CT molecular complexity index is 994. The summed E-state index contributed by atoms with van der Waals surface area (Å²) in [6.45, 7) is 1.95. The van der Waals surface area contributed by atoms with Gasteiger partial charge in [-0.3, -0.25) is 19.3 Å². The molecule has 1 aliphatic carbocycles. The van der Waals surface area contributed by atoms with Crippen LogP contribution in [0.25, 0.3) is 0 Å². The fourth-order valence-corrected chi connectivity index (χ4v) is 4.48. The Hall–Kier alpha value is -3.15. The highest BCUT2D eigenvalue weighted by molar-refractivity contribution is 6.22. The van der Waals surface area contributed by atoms with Crippen LogP contribution in [0.3, 0.4) is 0 Å². The Labute approximate surface area is 183 Å². The molecule has 0 atom stereocenters. The quantitative estimate of drug-likeness (QED) is 0.726. The number of rotatable bonds is 6. The first-order valence-corrected chi connectivity index (χ1v) is 11.0. The van der Waals surface area contributed by atoms with Crippen molar-refractivity contribution in [1.29, 1.82) is 0 Å². The molecule has 2 aliphatic rings. The number of imide groups is 1. The van der Waals surface area contributed by atoms with E-state index in [1.165, 1.54) is 37.8 Å². The minimum absolute atomic E-state index is 0.270. The van der Waals surface area contributed by atoms with Crippen molar-refractivity contribution in [2.75, 3.05) is 18.5 Å². The zero-order chi connectivity index (χ0) is 22.0. The summed E-state index contributed by atoms with van der Waals surface area (Å²) in [7, 11) is 2.15. The van der Waals surface area contributed by atoms with E-state index in [2.05, 4.69) is 29.4 Å². The van der Waals surface area contributed by atoms with Gasteiger partial charge in [-0.15, -0.1) is 0 Å². The highest BCUT2D eigenvalue weighted by Gasteiger charge is 2.36. The molecule has 0 spiro atoms. The Balaban J connectivity index is 1.31. The molecule has 0 radical (unpaired) electrons. The SMILES string of the molecule is Cc1ccc2c(c1)C(=O)N(CC(=O)NCc1ccc(N(C)C3CCCCC3)cc1)C2=O. The second kappa shape index (κ2) is 8.92. The van der Waals surface area contributed by atoms with Gasteiger partial charge < -0.3 is 10.2 Å². The lowest BCUT2D eigenvalue weighted by atomic mass is 9.94. The lowest BCUT2D eigenvalue weighted by molar-refractivity contribution is -0.121. The molecule has 0 aromatic heterocycles. The van der Waals surface area contributed by atoms with Gasteiger partial charge in [0.1, 0.15) is 6.54 Å². The maximum atomic E-state index is 12.5. The summed E-state index contributed by atoms with van der Waals surface area (Å²) in [5, 5.41) is 2.82. The Morgan fingerprint density at radius 3 is 2.39 bits per heavy atom. The van der Waals surface area contributed by atoms with Crippen molar-refractivity contribution >= 4 is 23.4 Å². The molecule has 6 nitrogen and oxygen atoms in total. The van der Waals surface area contributed by atoms with Crippen LogP contribution >= 0.6 is 0 Å². The van der Waals surface area contributed by atoms with E-state index in [0.717, 1.165) is 16.0 Å². The number of fused-ring (bicyclic) bond motifs is 1. The normalized spacial score (nSPS) is 16.4. The predicted molar refractivity (Wildman–Crippen MR) is 120 cm³/mol. The van der Waals surface area contributed by atoms with Crippen LogP contribution < -0.4 is 10.2 Å². The van der Waals surface area contributed by atoms with Crippen LogP contribution in [-0.2, 0) is 11.3 Å². The summed E-state index contributed by atoms with van der Waals surface area (Å²) in [5.41, 5.74) is 3.80. The molecule has 1 fully saturated rings. The molecule has 0 unspecified atom stereocenters. The van der Waals surface area contributed by atoms with E-state index in [1.807, 2.05) is 19.1 Å². The van der Waals surface area contributed by atoms with E-state index in [0.29, 0.717) is 23.7 Å². The molecule has 4 rings (SSSR count). The monoisotopic (exact) mass is 419 g/mol. The largest absolute Gasteiger partial charge is 0.372 e. The molecule has 1 aliphatic heterocycles. The molecule has 1 heterocycles. The Morgan fingerprint density at radius 1 is 1.00 bits per heavy atom. The van der Waals surface area contributed by atoms with E-state index in [-0.39, 0.29) is 12.5 Å². The van der Waals surface area contributed by atoms with Crippen LogP contribution in [0.5, 0.6) is 0 Å². The molecule has 0 saturated heterocycles. The van der Waals surface area contributed by atoms with Gasteiger partial charge >= 0.3 is 0 Å². The van der Waals surface area contributed by atoms with Crippen LogP contribution in [0.1, 0.15) is 63.9 Å². The topological polar surface area (TPSA) is 69.7 Å². The van der Waals surface area contributed by atoms with Gasteiger partial charge in [-0.2, -0.15) is 0 Å². The summed E-state index contributed by atoms with van der Waals surface area (Å²) >= 11 is 0. The first kappa shape index (κ1) is 21.1. The number of aryl methyl sites for hydroxylation is 1. The number of nitrogens with one attached hydrogen (secondary N) is 1. The van der Waals surface area contributed by atoms with Crippen molar-refractivity contribution < 1.29 is 14.4 Å². The van der Waals surface area contributed by atoms with Crippen LogP contribution in [0.4, 0.5) is 5.69 Å². The van der Waals surface area contributed by atoms with Crippen LogP contribution in [0.2, 0.25) is 0 Å². The molecular formula is C25H29N3O3. The summed E-state index contributed by atoms with van der Waals surface area (Å²) in [5.74, 6) is -1.17. The van der Waals surface area contributed by atoms with E-state index in [1.54, 1.807) is 18.2 Å². The summed E-state index contributed by atoms with van der Waals surface area (Å²) in [6.07, 6.45) is 6.42. The van der Waals surface area contributed by atoms with Crippen molar-refractivity contribution in [3.8, 4) is 0 Å². The number of amides is 3. The van der Waals surface area contributed by atoms with E-state index >= 15 is 0 Å². The second-order valence-electron chi connectivity index (χ2n) is 8.59. The average molecular weight is 420 g/mol. The summed E-state index contributed by atoms with van der Waals surface area (Å²) < 4.78 is 0. The van der Waals surface area contributed by atoms with E-state index in [9.17, 15) is 14.4 Å². The standard InChI is InChI=1S/C25H29N3O3/c1-17-8-13-21-22(14-17)25(31)28(24(21)30)16-23(29)26-15-18-9-11-20(12-10-18)27(2)19-6-4-3-5-7-19/h8-14,19H,3-7,15-16H2,1-2H3,(H,26,29). The van der Waals surface area contributed by atoms with Gasteiger partial charge in [0.25, 0.3) is 11.8 Å². The molecule has 1 N–H and O–H groups in total. The number of carbonyl (C=O) groups excluding carboxylic acids is 3. The van der Waals surface area contributed by atoms with Crippen LogP contribution in [0, 0.1) is 6.92 Å². The van der Waals surface area contributed by atoms with Gasteiger partial charge in [-0.05, 0) is 49.6 Å². The predicted octanol–water partition coefficient (Wildman–Crippen LogP) is 3.68. The number of nitrogens with zero attached hydrogens (tertiary/aromatic N) is 2. The van der Waals surface area contributed by atoms with Crippen molar-refractivity contribution in [3.63, 3.8) is 0 Å². The zero-order valence-electron chi connectivity index (χ0n) is 18.2. The van der Waals surface area contributed by atoms with Gasteiger partial charge in [-0.25, -0.2) is 0 Å². The minimum atomic E-state index is -0.412. The minimum Gasteiger partial charge on any atom is -0.372 e. The van der Waals surface area contributed by atoms with Crippen molar-refractivity contribution in [2.45, 2.75) is 51.6 Å². The maximum absolute atomic E-state index is 12.5. The van der Waals surface area contributed by atoms with Gasteiger partial charge in [0.15, 0.2) is 0 Å². The number of anilines is 1. The number of carbonyl (C=O) groups is 3. The molecule has 1 saturated carbocycles. The van der Waals surface area contributed by atoms with Crippen LogP contribution in [0.15, 0.2) is 42.5 Å². The highest BCUT2D eigenvalue weighted by Crippen LogP contribution is 2.26. The fraction of sp³-hybridized carbons (Fsp3) is 0.400. The summed E-state index contributed by atoms with van der Waals surface area (Å²) in [6, 6.07) is 13.9. The molecule has 0 bridgehead atoms. The maximum Gasteiger partial charge on any atom is 0.262 e.